The number of carboxylic acid groups (broad SMARTS) is 1. The summed E-state index contributed by atoms with van der Waals surface area (Å²) in [5.41, 5.74) is 1.66. The summed E-state index contributed by atoms with van der Waals surface area (Å²) in [5, 5.41) is 10.9. The van der Waals surface area contributed by atoms with Gasteiger partial charge in [0, 0.05) is 43.5 Å². The molecule has 1 unspecified atom stereocenters. The van der Waals surface area contributed by atoms with Crippen LogP contribution in [-0.4, -0.2) is 60.9 Å². The molecule has 1 amide bonds. The highest BCUT2D eigenvalue weighted by atomic mass is 19.4. The summed E-state index contributed by atoms with van der Waals surface area (Å²) in [5.74, 6) is -2.01. The molecular formula is C20H20F3N5O5. The minimum absolute atomic E-state index is 0.0976. The summed E-state index contributed by atoms with van der Waals surface area (Å²) >= 11 is 0. The number of nitrogens with zero attached hydrogens (tertiary/aromatic N) is 5. The van der Waals surface area contributed by atoms with Crippen molar-refractivity contribution in [1.82, 2.24) is 24.6 Å². The van der Waals surface area contributed by atoms with Crippen molar-refractivity contribution in [3.8, 4) is 5.88 Å². The highest BCUT2D eigenvalue weighted by Crippen LogP contribution is 2.20. The van der Waals surface area contributed by atoms with E-state index in [4.69, 9.17) is 19.2 Å². The molecule has 13 heteroatoms. The number of fused-ring (bicyclic) bond motifs is 1. The van der Waals surface area contributed by atoms with Crippen molar-refractivity contribution in [2.75, 3.05) is 13.2 Å². The largest absolute Gasteiger partial charge is 0.490 e. The maximum Gasteiger partial charge on any atom is 0.490 e. The third-order valence-corrected chi connectivity index (χ3v) is 4.56. The lowest BCUT2D eigenvalue weighted by Crippen LogP contribution is -2.35. The summed E-state index contributed by atoms with van der Waals surface area (Å²) in [7, 11) is 0. The Morgan fingerprint density at radius 2 is 2.06 bits per heavy atom. The number of pyridine rings is 1. The molecule has 0 radical (unpaired) electrons. The van der Waals surface area contributed by atoms with Crippen molar-refractivity contribution in [1.29, 1.82) is 0 Å². The molecule has 0 fully saturated rings. The van der Waals surface area contributed by atoms with E-state index >= 15 is 0 Å². The molecule has 0 saturated heterocycles. The summed E-state index contributed by atoms with van der Waals surface area (Å²) < 4.78 is 44.8. The van der Waals surface area contributed by atoms with Gasteiger partial charge in [0.1, 0.15) is 0 Å². The SMILES string of the molecule is Cc1cc(C(=O)N2Cc3cncn3CC(COc3ccccn3)C2)on1.O=C(O)C(F)(F)F. The van der Waals surface area contributed by atoms with Crippen LogP contribution in [0.3, 0.4) is 0 Å². The Hall–Kier alpha value is -3.90. The van der Waals surface area contributed by atoms with Crippen LogP contribution in [0.2, 0.25) is 0 Å². The number of rotatable bonds is 4. The number of carbonyl (C=O) groups excluding carboxylic acids is 1. The van der Waals surface area contributed by atoms with Crippen LogP contribution in [0, 0.1) is 12.8 Å². The predicted octanol–water partition coefficient (Wildman–Crippen LogP) is 2.56. The lowest BCUT2D eigenvalue weighted by atomic mass is 10.1. The standard InChI is InChI=1S/C18H19N5O3.C2HF3O2/c1-13-6-16(26-21-13)18(24)22-8-14(9-23-12-19-7-15(23)10-22)11-25-17-4-2-3-5-20-17;3-2(4,5)1(6)7/h2-7,12,14H,8-11H2,1H3;(H,6,7). The van der Waals surface area contributed by atoms with Gasteiger partial charge in [0.15, 0.2) is 0 Å². The van der Waals surface area contributed by atoms with Gasteiger partial charge < -0.3 is 23.8 Å². The summed E-state index contributed by atoms with van der Waals surface area (Å²) in [6.45, 7) is 3.99. The second-order valence-electron chi connectivity index (χ2n) is 7.20. The van der Waals surface area contributed by atoms with Gasteiger partial charge in [0.2, 0.25) is 11.6 Å². The minimum atomic E-state index is -5.08. The quantitative estimate of drug-likeness (QED) is 0.621. The molecule has 4 heterocycles. The van der Waals surface area contributed by atoms with E-state index in [1.54, 1.807) is 36.6 Å². The van der Waals surface area contributed by atoms with Gasteiger partial charge in [-0.05, 0) is 13.0 Å². The molecule has 3 aromatic heterocycles. The zero-order valence-corrected chi connectivity index (χ0v) is 17.4. The highest BCUT2D eigenvalue weighted by Gasteiger charge is 2.38. The summed E-state index contributed by atoms with van der Waals surface area (Å²) in [6, 6.07) is 7.20. The first-order valence-corrected chi connectivity index (χ1v) is 9.69. The third-order valence-electron chi connectivity index (χ3n) is 4.56. The van der Waals surface area contributed by atoms with Crippen LogP contribution in [0.1, 0.15) is 21.9 Å². The topological polar surface area (TPSA) is 124 Å². The first-order valence-electron chi connectivity index (χ1n) is 9.69. The van der Waals surface area contributed by atoms with Crippen LogP contribution < -0.4 is 4.74 Å². The molecule has 0 aromatic carbocycles. The summed E-state index contributed by atoms with van der Waals surface area (Å²) in [6.07, 6.45) is 0.183. The molecule has 0 saturated carbocycles. The number of aliphatic carboxylic acids is 1. The van der Waals surface area contributed by atoms with E-state index in [-0.39, 0.29) is 17.6 Å². The van der Waals surface area contributed by atoms with Crippen molar-refractivity contribution < 1.29 is 37.1 Å². The van der Waals surface area contributed by atoms with Gasteiger partial charge in [0.05, 0.1) is 30.9 Å². The normalized spacial score (nSPS) is 15.6. The van der Waals surface area contributed by atoms with Gasteiger partial charge in [-0.1, -0.05) is 11.2 Å². The lowest BCUT2D eigenvalue weighted by Gasteiger charge is -2.23. The first-order chi connectivity index (χ1) is 15.6. The van der Waals surface area contributed by atoms with Gasteiger partial charge in [0.25, 0.3) is 5.91 Å². The summed E-state index contributed by atoms with van der Waals surface area (Å²) in [4.78, 5) is 31.9. The number of carbonyl (C=O) groups is 2. The molecule has 10 nitrogen and oxygen atoms in total. The van der Waals surface area contributed by atoms with E-state index in [2.05, 4.69) is 19.7 Å². The van der Waals surface area contributed by atoms with Crippen molar-refractivity contribution >= 4 is 11.9 Å². The Bertz CT molecular complexity index is 1080. The molecule has 1 aliphatic heterocycles. The first kappa shape index (κ1) is 23.8. The van der Waals surface area contributed by atoms with Gasteiger partial charge in [-0.15, -0.1) is 0 Å². The Balaban J connectivity index is 0.000000383. The van der Waals surface area contributed by atoms with Gasteiger partial charge >= 0.3 is 12.1 Å². The maximum absolute atomic E-state index is 12.8. The second kappa shape index (κ2) is 10.1. The van der Waals surface area contributed by atoms with Crippen LogP contribution in [0.25, 0.3) is 0 Å². The molecule has 1 atom stereocenters. The van der Waals surface area contributed by atoms with E-state index in [0.717, 1.165) is 12.2 Å². The molecule has 176 valence electrons. The van der Waals surface area contributed by atoms with Crippen LogP contribution in [0.4, 0.5) is 13.2 Å². The zero-order valence-electron chi connectivity index (χ0n) is 17.4. The van der Waals surface area contributed by atoms with E-state index in [9.17, 15) is 18.0 Å². The smallest absolute Gasteiger partial charge is 0.477 e. The lowest BCUT2D eigenvalue weighted by molar-refractivity contribution is -0.192. The van der Waals surface area contributed by atoms with Gasteiger partial charge in [-0.2, -0.15) is 13.2 Å². The number of amides is 1. The molecule has 4 rings (SSSR count). The predicted molar refractivity (Wildman–Crippen MR) is 105 cm³/mol. The van der Waals surface area contributed by atoms with Crippen LogP contribution in [0.15, 0.2) is 47.5 Å². The molecule has 1 N–H and O–H groups in total. The van der Waals surface area contributed by atoms with Crippen molar-refractivity contribution in [2.24, 2.45) is 5.92 Å². The fourth-order valence-corrected chi connectivity index (χ4v) is 3.07. The number of imidazole rings is 1. The third kappa shape index (κ3) is 6.54. The maximum atomic E-state index is 12.8. The zero-order chi connectivity index (χ0) is 24.0. The average molecular weight is 467 g/mol. The molecular weight excluding hydrogens is 447 g/mol. The number of halogens is 3. The molecule has 0 spiro atoms. The number of hydrogen-bond acceptors (Lipinski definition) is 7. The van der Waals surface area contributed by atoms with Crippen LogP contribution >= 0.6 is 0 Å². The van der Waals surface area contributed by atoms with E-state index in [1.807, 2.05) is 18.2 Å². The molecule has 0 bridgehead atoms. The average Bonchev–Trinajstić information content (AvgIpc) is 3.36. The van der Waals surface area contributed by atoms with Crippen molar-refractivity contribution in [2.45, 2.75) is 26.2 Å². The fourth-order valence-electron chi connectivity index (χ4n) is 3.07. The Morgan fingerprint density at radius 1 is 1.30 bits per heavy atom. The van der Waals surface area contributed by atoms with E-state index in [1.165, 1.54) is 0 Å². The van der Waals surface area contributed by atoms with Crippen molar-refractivity contribution in [3.63, 3.8) is 0 Å². The molecule has 3 aromatic rings. The van der Waals surface area contributed by atoms with E-state index in [0.29, 0.717) is 31.3 Å². The number of aryl methyl sites for hydroxylation is 1. The molecule has 33 heavy (non-hydrogen) atoms. The number of carboxylic acids is 1. The van der Waals surface area contributed by atoms with Crippen molar-refractivity contribution in [3.05, 3.63) is 60.1 Å². The number of ether oxygens (including phenoxy) is 1. The monoisotopic (exact) mass is 467 g/mol. The van der Waals surface area contributed by atoms with Crippen LogP contribution in [0.5, 0.6) is 5.88 Å². The molecule has 0 aliphatic carbocycles. The van der Waals surface area contributed by atoms with Crippen LogP contribution in [-0.2, 0) is 17.9 Å². The number of aromatic nitrogens is 4. The number of alkyl halides is 3. The number of hydrogen-bond donors (Lipinski definition) is 1. The van der Waals surface area contributed by atoms with E-state index < -0.39 is 12.1 Å². The second-order valence-corrected chi connectivity index (χ2v) is 7.20. The molecule has 1 aliphatic rings. The Morgan fingerprint density at radius 3 is 2.67 bits per heavy atom. The van der Waals surface area contributed by atoms with Gasteiger partial charge in [-0.25, -0.2) is 14.8 Å². The highest BCUT2D eigenvalue weighted by molar-refractivity contribution is 5.91. The Kier molecular flexibility index (Phi) is 7.30. The Labute approximate surface area is 185 Å². The minimum Gasteiger partial charge on any atom is -0.477 e. The fraction of sp³-hybridized carbons (Fsp3) is 0.350. The van der Waals surface area contributed by atoms with Gasteiger partial charge in [-0.3, -0.25) is 4.79 Å².